The molecule has 0 N–H and O–H groups in total. The molecule has 1 atom stereocenters. The minimum absolute atomic E-state index is 0.147. The smallest absolute Gasteiger partial charge is 0.0992 e. The van der Waals surface area contributed by atoms with Crippen LogP contribution < -0.4 is 4.90 Å². The molecule has 82 valence electrons. The third kappa shape index (κ3) is 2.74. The maximum atomic E-state index is 8.76. The van der Waals surface area contributed by atoms with Crippen LogP contribution in [0.1, 0.15) is 18.9 Å². The standard InChI is InChI=1S/C12H12BrN3/c1-9(5-6-14)16(2)12-4-3-10(8-15)7-11(12)13/h3-4,7,9H,5H2,1-2H3. The van der Waals surface area contributed by atoms with Crippen LogP contribution in [0.15, 0.2) is 22.7 Å². The SMILES string of the molecule is CC(CC#N)N(C)c1ccc(C#N)cc1Br. The van der Waals surface area contributed by atoms with Gasteiger partial charge < -0.3 is 4.90 Å². The van der Waals surface area contributed by atoms with E-state index >= 15 is 0 Å². The van der Waals surface area contributed by atoms with Gasteiger partial charge in [-0.3, -0.25) is 0 Å². The van der Waals surface area contributed by atoms with E-state index < -0.39 is 0 Å². The third-order valence-electron chi connectivity index (χ3n) is 2.50. The molecule has 1 rings (SSSR count). The summed E-state index contributed by atoms with van der Waals surface area (Å²) in [7, 11) is 1.94. The van der Waals surface area contributed by atoms with Crippen LogP contribution in [-0.2, 0) is 0 Å². The fourth-order valence-corrected chi connectivity index (χ4v) is 2.03. The molecule has 0 radical (unpaired) electrons. The third-order valence-corrected chi connectivity index (χ3v) is 3.14. The monoisotopic (exact) mass is 277 g/mol. The lowest BCUT2D eigenvalue weighted by Gasteiger charge is -2.26. The van der Waals surface area contributed by atoms with E-state index in [4.69, 9.17) is 10.5 Å². The summed E-state index contributed by atoms with van der Waals surface area (Å²) in [5.74, 6) is 0. The molecule has 0 fully saturated rings. The van der Waals surface area contributed by atoms with Gasteiger partial charge >= 0.3 is 0 Å². The first kappa shape index (κ1) is 12.5. The molecule has 0 saturated heterocycles. The van der Waals surface area contributed by atoms with Crippen molar-refractivity contribution >= 4 is 21.6 Å². The normalized spacial score (nSPS) is 11.3. The van der Waals surface area contributed by atoms with Crippen molar-refractivity contribution in [2.24, 2.45) is 0 Å². The highest BCUT2D eigenvalue weighted by atomic mass is 79.9. The van der Waals surface area contributed by atoms with Crippen molar-refractivity contribution in [3.63, 3.8) is 0 Å². The molecule has 4 heteroatoms. The summed E-state index contributed by atoms with van der Waals surface area (Å²) in [6.07, 6.45) is 0.475. The Kier molecular flexibility index (Phi) is 4.34. The van der Waals surface area contributed by atoms with Gasteiger partial charge in [0.2, 0.25) is 0 Å². The van der Waals surface area contributed by atoms with Gasteiger partial charge in [-0.05, 0) is 41.1 Å². The van der Waals surface area contributed by atoms with Crippen LogP contribution in [0.25, 0.3) is 0 Å². The van der Waals surface area contributed by atoms with Crippen LogP contribution in [-0.4, -0.2) is 13.1 Å². The van der Waals surface area contributed by atoms with E-state index in [1.165, 1.54) is 0 Å². The fraction of sp³-hybridized carbons (Fsp3) is 0.333. The minimum atomic E-state index is 0.147. The van der Waals surface area contributed by atoms with Crippen molar-refractivity contribution in [3.8, 4) is 12.1 Å². The average Bonchev–Trinajstić information content (AvgIpc) is 2.28. The summed E-state index contributed by atoms with van der Waals surface area (Å²) in [6.45, 7) is 1.99. The van der Waals surface area contributed by atoms with Gasteiger partial charge in [0.05, 0.1) is 29.8 Å². The lowest BCUT2D eigenvalue weighted by Crippen LogP contribution is -2.28. The number of nitrogens with zero attached hydrogens (tertiary/aromatic N) is 3. The minimum Gasteiger partial charge on any atom is -0.370 e. The molecule has 3 nitrogen and oxygen atoms in total. The molecular formula is C12H12BrN3. The molecule has 0 bridgehead atoms. The Labute approximate surface area is 104 Å². The highest BCUT2D eigenvalue weighted by molar-refractivity contribution is 9.10. The topological polar surface area (TPSA) is 50.8 Å². The predicted octanol–water partition coefficient (Wildman–Crippen LogP) is 3.06. The molecular weight excluding hydrogens is 266 g/mol. The van der Waals surface area contributed by atoms with Gasteiger partial charge in [-0.15, -0.1) is 0 Å². The Morgan fingerprint density at radius 3 is 2.62 bits per heavy atom. The second-order valence-corrected chi connectivity index (χ2v) is 4.45. The van der Waals surface area contributed by atoms with Crippen molar-refractivity contribution < 1.29 is 0 Å². The second-order valence-electron chi connectivity index (χ2n) is 3.60. The lowest BCUT2D eigenvalue weighted by molar-refractivity contribution is 0.701. The van der Waals surface area contributed by atoms with Gasteiger partial charge in [0.25, 0.3) is 0 Å². The number of hydrogen-bond acceptors (Lipinski definition) is 3. The lowest BCUT2D eigenvalue weighted by atomic mass is 10.1. The van der Waals surface area contributed by atoms with Gasteiger partial charge in [0, 0.05) is 17.6 Å². The first-order valence-electron chi connectivity index (χ1n) is 4.89. The Morgan fingerprint density at radius 2 is 2.12 bits per heavy atom. The number of nitriles is 2. The number of anilines is 1. The number of halogens is 1. The summed E-state index contributed by atoms with van der Waals surface area (Å²) in [5.41, 5.74) is 1.61. The Hall–Kier alpha value is -1.52. The molecule has 0 amide bonds. The first-order chi connectivity index (χ1) is 7.60. The van der Waals surface area contributed by atoms with Crippen molar-refractivity contribution in [2.75, 3.05) is 11.9 Å². The Bertz CT molecular complexity index is 456. The highest BCUT2D eigenvalue weighted by Crippen LogP contribution is 2.28. The maximum absolute atomic E-state index is 8.76. The molecule has 1 aromatic rings. The summed E-state index contributed by atoms with van der Waals surface area (Å²) < 4.78 is 0.874. The number of rotatable bonds is 3. The summed E-state index contributed by atoms with van der Waals surface area (Å²) in [4.78, 5) is 2.02. The molecule has 0 aromatic heterocycles. The highest BCUT2D eigenvalue weighted by Gasteiger charge is 2.12. The average molecular weight is 278 g/mol. The molecule has 0 saturated carbocycles. The van der Waals surface area contributed by atoms with Crippen LogP contribution in [0.2, 0.25) is 0 Å². The molecule has 0 aliphatic heterocycles. The van der Waals surface area contributed by atoms with Crippen molar-refractivity contribution in [3.05, 3.63) is 28.2 Å². The zero-order valence-electron chi connectivity index (χ0n) is 9.24. The van der Waals surface area contributed by atoms with Crippen molar-refractivity contribution in [2.45, 2.75) is 19.4 Å². The molecule has 0 heterocycles. The van der Waals surface area contributed by atoms with Crippen LogP contribution in [0.5, 0.6) is 0 Å². The van der Waals surface area contributed by atoms with Crippen LogP contribution in [0, 0.1) is 22.7 Å². The Morgan fingerprint density at radius 1 is 1.44 bits per heavy atom. The molecule has 0 spiro atoms. The second kappa shape index (κ2) is 5.53. The molecule has 0 aliphatic rings. The Balaban J connectivity index is 2.97. The number of hydrogen-bond donors (Lipinski definition) is 0. The van der Waals surface area contributed by atoms with Gasteiger partial charge in [0.1, 0.15) is 0 Å². The van der Waals surface area contributed by atoms with E-state index in [-0.39, 0.29) is 6.04 Å². The number of benzene rings is 1. The molecule has 1 aromatic carbocycles. The quantitative estimate of drug-likeness (QED) is 0.853. The summed E-state index contributed by atoms with van der Waals surface area (Å²) in [5, 5.41) is 17.4. The van der Waals surface area contributed by atoms with Crippen LogP contribution >= 0.6 is 15.9 Å². The van der Waals surface area contributed by atoms with E-state index in [1.54, 1.807) is 12.1 Å². The zero-order chi connectivity index (χ0) is 12.1. The largest absolute Gasteiger partial charge is 0.370 e. The molecule has 1 unspecified atom stereocenters. The maximum Gasteiger partial charge on any atom is 0.0992 e. The van der Waals surface area contributed by atoms with Crippen LogP contribution in [0.3, 0.4) is 0 Å². The van der Waals surface area contributed by atoms with Gasteiger partial charge in [0.15, 0.2) is 0 Å². The van der Waals surface area contributed by atoms with E-state index in [1.807, 2.05) is 24.9 Å². The van der Waals surface area contributed by atoms with Crippen molar-refractivity contribution in [1.29, 1.82) is 10.5 Å². The first-order valence-corrected chi connectivity index (χ1v) is 5.69. The van der Waals surface area contributed by atoms with E-state index in [0.717, 1.165) is 10.2 Å². The van der Waals surface area contributed by atoms with Crippen molar-refractivity contribution in [1.82, 2.24) is 0 Å². The van der Waals surface area contributed by atoms with E-state index in [9.17, 15) is 0 Å². The molecule has 0 aliphatic carbocycles. The summed E-state index contributed by atoms with van der Waals surface area (Å²) >= 11 is 3.43. The van der Waals surface area contributed by atoms with Gasteiger partial charge in [-0.1, -0.05) is 0 Å². The van der Waals surface area contributed by atoms with Gasteiger partial charge in [-0.2, -0.15) is 10.5 Å². The van der Waals surface area contributed by atoms with E-state index in [2.05, 4.69) is 28.1 Å². The molecule has 16 heavy (non-hydrogen) atoms. The van der Waals surface area contributed by atoms with Crippen LogP contribution in [0.4, 0.5) is 5.69 Å². The van der Waals surface area contributed by atoms with E-state index in [0.29, 0.717) is 12.0 Å². The fourth-order valence-electron chi connectivity index (χ4n) is 1.37. The van der Waals surface area contributed by atoms with Gasteiger partial charge in [-0.25, -0.2) is 0 Å². The predicted molar refractivity (Wildman–Crippen MR) is 67.0 cm³/mol. The summed E-state index contributed by atoms with van der Waals surface area (Å²) in [6, 6.07) is 9.83. The zero-order valence-corrected chi connectivity index (χ0v) is 10.8.